The second-order valence-electron chi connectivity index (χ2n) is 5.95. The average Bonchev–Trinajstić information content (AvgIpc) is 3.00. The van der Waals surface area contributed by atoms with Gasteiger partial charge < -0.3 is 20.1 Å². The number of fused-ring (bicyclic) bond motifs is 2. The maximum Gasteiger partial charge on any atom is 0.231 e. The predicted octanol–water partition coefficient (Wildman–Crippen LogP) is 3.40. The monoisotopic (exact) mass is 332 g/mol. The van der Waals surface area contributed by atoms with Gasteiger partial charge in [-0.05, 0) is 36.6 Å². The molecule has 1 aromatic carbocycles. The molecule has 0 bridgehead atoms. The molecule has 0 unspecified atom stereocenters. The lowest BCUT2D eigenvalue weighted by molar-refractivity contribution is 0.174. The SMILES string of the molecule is CCCCCCNC(=S)/C=C1\NCCc2cc3c(cc21)OCO3. The minimum Gasteiger partial charge on any atom is -0.454 e. The molecule has 0 saturated heterocycles. The first-order valence-electron chi connectivity index (χ1n) is 8.44. The average molecular weight is 332 g/mol. The molecule has 4 nitrogen and oxygen atoms in total. The van der Waals surface area contributed by atoms with Crippen molar-refractivity contribution in [3.8, 4) is 11.5 Å². The van der Waals surface area contributed by atoms with Gasteiger partial charge in [0.15, 0.2) is 11.5 Å². The summed E-state index contributed by atoms with van der Waals surface area (Å²) >= 11 is 5.46. The van der Waals surface area contributed by atoms with Crippen LogP contribution >= 0.6 is 12.2 Å². The highest BCUT2D eigenvalue weighted by Crippen LogP contribution is 2.37. The van der Waals surface area contributed by atoms with E-state index >= 15 is 0 Å². The molecular formula is C18H24N2O2S. The third kappa shape index (κ3) is 3.96. The van der Waals surface area contributed by atoms with E-state index in [1.54, 1.807) is 0 Å². The van der Waals surface area contributed by atoms with Gasteiger partial charge in [-0.25, -0.2) is 0 Å². The summed E-state index contributed by atoms with van der Waals surface area (Å²) in [6.45, 7) is 4.39. The molecule has 0 fully saturated rings. The fourth-order valence-corrected chi connectivity index (χ4v) is 3.16. The summed E-state index contributed by atoms with van der Waals surface area (Å²) in [4.78, 5) is 0.787. The lowest BCUT2D eigenvalue weighted by atomic mass is 9.97. The largest absolute Gasteiger partial charge is 0.454 e. The van der Waals surface area contributed by atoms with Gasteiger partial charge in [-0.3, -0.25) is 0 Å². The molecule has 0 saturated carbocycles. The van der Waals surface area contributed by atoms with E-state index in [1.165, 1.54) is 31.2 Å². The second-order valence-corrected chi connectivity index (χ2v) is 6.39. The summed E-state index contributed by atoms with van der Waals surface area (Å²) in [6.07, 6.45) is 7.98. The summed E-state index contributed by atoms with van der Waals surface area (Å²) in [5.41, 5.74) is 3.51. The highest BCUT2D eigenvalue weighted by molar-refractivity contribution is 7.80. The highest BCUT2D eigenvalue weighted by Gasteiger charge is 2.21. The lowest BCUT2D eigenvalue weighted by Crippen LogP contribution is -2.26. The Morgan fingerprint density at radius 3 is 2.91 bits per heavy atom. The van der Waals surface area contributed by atoms with Crippen molar-refractivity contribution < 1.29 is 9.47 Å². The Labute approximate surface area is 143 Å². The minimum absolute atomic E-state index is 0.308. The van der Waals surface area contributed by atoms with Crippen LogP contribution in [0.4, 0.5) is 0 Å². The van der Waals surface area contributed by atoms with Crippen LogP contribution in [0, 0.1) is 0 Å². The van der Waals surface area contributed by atoms with Crippen molar-refractivity contribution in [2.24, 2.45) is 0 Å². The van der Waals surface area contributed by atoms with E-state index in [-0.39, 0.29) is 0 Å². The normalized spacial score (nSPS) is 16.8. The van der Waals surface area contributed by atoms with Gasteiger partial charge in [-0.15, -0.1) is 0 Å². The van der Waals surface area contributed by atoms with Crippen LogP contribution in [0.2, 0.25) is 0 Å². The van der Waals surface area contributed by atoms with Crippen molar-refractivity contribution >= 4 is 22.9 Å². The number of rotatable bonds is 6. The van der Waals surface area contributed by atoms with Crippen LogP contribution in [0.5, 0.6) is 11.5 Å². The molecule has 2 heterocycles. The van der Waals surface area contributed by atoms with Crippen molar-refractivity contribution in [1.29, 1.82) is 0 Å². The van der Waals surface area contributed by atoms with E-state index in [2.05, 4.69) is 29.7 Å². The van der Waals surface area contributed by atoms with Gasteiger partial charge in [0.05, 0.1) is 0 Å². The number of hydrogen-bond acceptors (Lipinski definition) is 4. The van der Waals surface area contributed by atoms with Gasteiger partial charge in [-0.2, -0.15) is 0 Å². The smallest absolute Gasteiger partial charge is 0.231 e. The Kier molecular flexibility index (Phi) is 5.39. The van der Waals surface area contributed by atoms with Gasteiger partial charge in [0.2, 0.25) is 6.79 Å². The van der Waals surface area contributed by atoms with Crippen LogP contribution in [-0.2, 0) is 6.42 Å². The quantitative estimate of drug-likeness (QED) is 0.475. The van der Waals surface area contributed by atoms with Crippen LogP contribution < -0.4 is 20.1 Å². The molecule has 0 aromatic heterocycles. The van der Waals surface area contributed by atoms with E-state index in [1.807, 2.05) is 6.08 Å². The van der Waals surface area contributed by atoms with E-state index < -0.39 is 0 Å². The molecule has 3 rings (SSSR count). The van der Waals surface area contributed by atoms with Gasteiger partial charge in [-0.1, -0.05) is 38.4 Å². The molecular weight excluding hydrogens is 308 g/mol. The highest BCUT2D eigenvalue weighted by atomic mass is 32.1. The summed E-state index contributed by atoms with van der Waals surface area (Å²) < 4.78 is 11.0. The van der Waals surface area contributed by atoms with Crippen LogP contribution in [0.1, 0.15) is 43.7 Å². The zero-order valence-electron chi connectivity index (χ0n) is 13.6. The molecule has 2 aliphatic heterocycles. The number of thiocarbonyl (C=S) groups is 1. The Morgan fingerprint density at radius 1 is 1.26 bits per heavy atom. The molecule has 2 aliphatic rings. The summed E-state index contributed by atoms with van der Waals surface area (Å²) in [7, 11) is 0. The Hall–Kier alpha value is -1.75. The third-order valence-electron chi connectivity index (χ3n) is 4.20. The summed E-state index contributed by atoms with van der Waals surface area (Å²) in [5, 5.41) is 6.78. The van der Waals surface area contributed by atoms with Crippen molar-refractivity contribution in [3.05, 3.63) is 29.3 Å². The van der Waals surface area contributed by atoms with Gasteiger partial charge in [0, 0.05) is 24.4 Å². The standard InChI is InChI=1S/C18H24N2O2S/c1-2-3-4-5-7-20-18(23)11-15-14-10-17-16(21-12-22-17)9-13(14)6-8-19-15/h9-11,19H,2-8,12H2,1H3,(H,20,23)/b15-11-. The van der Waals surface area contributed by atoms with Gasteiger partial charge >= 0.3 is 0 Å². The first kappa shape index (κ1) is 16.1. The molecule has 0 aliphatic carbocycles. The molecule has 0 radical (unpaired) electrons. The number of unbranched alkanes of at least 4 members (excludes halogenated alkanes) is 3. The number of nitrogens with one attached hydrogen (secondary N) is 2. The lowest BCUT2D eigenvalue weighted by Gasteiger charge is -2.22. The van der Waals surface area contributed by atoms with Gasteiger partial charge in [0.25, 0.3) is 0 Å². The molecule has 0 amide bonds. The molecule has 0 atom stereocenters. The molecule has 124 valence electrons. The van der Waals surface area contributed by atoms with Gasteiger partial charge in [0.1, 0.15) is 4.99 Å². The van der Waals surface area contributed by atoms with E-state index in [0.717, 1.165) is 47.3 Å². The van der Waals surface area contributed by atoms with Crippen LogP contribution in [0.25, 0.3) is 5.70 Å². The fourth-order valence-electron chi connectivity index (χ4n) is 2.94. The Balaban J connectivity index is 1.66. The summed E-state index contributed by atoms with van der Waals surface area (Å²) in [5.74, 6) is 1.67. The van der Waals surface area contributed by atoms with Crippen LogP contribution in [-0.4, -0.2) is 24.9 Å². The second kappa shape index (κ2) is 7.68. The number of benzene rings is 1. The zero-order valence-corrected chi connectivity index (χ0v) is 14.4. The minimum atomic E-state index is 0.308. The molecule has 0 spiro atoms. The molecule has 2 N–H and O–H groups in total. The maximum atomic E-state index is 5.49. The van der Waals surface area contributed by atoms with Crippen LogP contribution in [0.15, 0.2) is 18.2 Å². The van der Waals surface area contributed by atoms with E-state index in [9.17, 15) is 0 Å². The first-order valence-corrected chi connectivity index (χ1v) is 8.85. The van der Waals surface area contributed by atoms with E-state index in [0.29, 0.717) is 6.79 Å². The number of ether oxygens (including phenoxy) is 2. The van der Waals surface area contributed by atoms with Crippen molar-refractivity contribution in [2.75, 3.05) is 19.9 Å². The Morgan fingerprint density at radius 2 is 2.09 bits per heavy atom. The maximum absolute atomic E-state index is 5.49. The Bertz CT molecular complexity index is 613. The van der Waals surface area contributed by atoms with E-state index in [4.69, 9.17) is 21.7 Å². The predicted molar refractivity (Wildman–Crippen MR) is 97.0 cm³/mol. The van der Waals surface area contributed by atoms with Crippen molar-refractivity contribution in [3.63, 3.8) is 0 Å². The molecule has 1 aromatic rings. The van der Waals surface area contributed by atoms with Crippen molar-refractivity contribution in [2.45, 2.75) is 39.0 Å². The third-order valence-corrected chi connectivity index (χ3v) is 4.47. The fraction of sp³-hybridized carbons (Fsp3) is 0.500. The van der Waals surface area contributed by atoms with Crippen molar-refractivity contribution in [1.82, 2.24) is 10.6 Å². The molecule has 5 heteroatoms. The zero-order chi connectivity index (χ0) is 16.1. The summed E-state index contributed by atoms with van der Waals surface area (Å²) in [6, 6.07) is 4.15. The molecule has 23 heavy (non-hydrogen) atoms. The first-order chi connectivity index (χ1) is 11.3. The van der Waals surface area contributed by atoms with Crippen LogP contribution in [0.3, 0.4) is 0 Å². The topological polar surface area (TPSA) is 42.5 Å². The number of hydrogen-bond donors (Lipinski definition) is 2.